The fraction of sp³-hybridized carbons (Fsp3) is 0.696. The van der Waals surface area contributed by atoms with Crippen LogP contribution in [0, 0.1) is 11.8 Å². The first-order valence-corrected chi connectivity index (χ1v) is 10.7. The van der Waals surface area contributed by atoms with Gasteiger partial charge in [-0.1, -0.05) is 31.2 Å². The Morgan fingerprint density at radius 3 is 2.71 bits per heavy atom. The van der Waals surface area contributed by atoms with E-state index in [0.29, 0.717) is 6.61 Å². The van der Waals surface area contributed by atoms with E-state index >= 15 is 0 Å². The fourth-order valence-electron chi connectivity index (χ4n) is 4.09. The summed E-state index contributed by atoms with van der Waals surface area (Å²) in [6.07, 6.45) is 12.9. The van der Waals surface area contributed by atoms with Crippen molar-refractivity contribution in [3.63, 3.8) is 0 Å². The van der Waals surface area contributed by atoms with Crippen molar-refractivity contribution in [1.82, 2.24) is 4.90 Å². The van der Waals surface area contributed by atoms with Crippen LogP contribution in [0.15, 0.2) is 41.1 Å². The molecule has 2 aliphatic carbocycles. The van der Waals surface area contributed by atoms with E-state index in [2.05, 4.69) is 50.8 Å². The van der Waals surface area contributed by atoms with E-state index < -0.39 is 6.23 Å². The van der Waals surface area contributed by atoms with Crippen molar-refractivity contribution in [2.45, 2.75) is 77.9 Å². The largest absolute Gasteiger partial charge is 0.375 e. The van der Waals surface area contributed by atoms with Crippen molar-refractivity contribution in [2.24, 2.45) is 16.8 Å². The van der Waals surface area contributed by atoms with Crippen molar-refractivity contribution in [3.8, 4) is 0 Å². The number of amidine groups is 1. The molecule has 0 aromatic rings. The molecule has 28 heavy (non-hydrogen) atoms. The molecule has 3 aliphatic rings. The van der Waals surface area contributed by atoms with Gasteiger partial charge in [0.2, 0.25) is 0 Å². The lowest BCUT2D eigenvalue weighted by atomic mass is 9.88. The highest BCUT2D eigenvalue weighted by Crippen LogP contribution is 2.36. The minimum atomic E-state index is -0.570. The van der Waals surface area contributed by atoms with Crippen molar-refractivity contribution >= 4 is 5.84 Å². The number of hydrogen-bond acceptors (Lipinski definition) is 5. The summed E-state index contributed by atoms with van der Waals surface area (Å²) in [6, 6.07) is 0.134. The molecule has 156 valence electrons. The third-order valence-electron chi connectivity index (χ3n) is 5.57. The number of aliphatic hydroxyl groups excluding tert-OH is 1. The first-order valence-electron chi connectivity index (χ1n) is 10.7. The maximum atomic E-state index is 11.3. The van der Waals surface area contributed by atoms with Gasteiger partial charge in [0.1, 0.15) is 12.1 Å². The second-order valence-electron chi connectivity index (χ2n) is 9.00. The number of ether oxygens (including phenoxy) is 2. The van der Waals surface area contributed by atoms with E-state index in [-0.39, 0.29) is 29.6 Å². The first-order chi connectivity index (χ1) is 13.3. The van der Waals surface area contributed by atoms with Gasteiger partial charge in [-0.25, -0.2) is 4.99 Å². The van der Waals surface area contributed by atoms with Gasteiger partial charge in [-0.2, -0.15) is 0 Å². The zero-order valence-corrected chi connectivity index (χ0v) is 18.0. The van der Waals surface area contributed by atoms with Gasteiger partial charge < -0.3 is 19.5 Å². The van der Waals surface area contributed by atoms with Gasteiger partial charge in [-0.05, 0) is 53.0 Å². The van der Waals surface area contributed by atoms with Gasteiger partial charge >= 0.3 is 0 Å². The SMILES string of the molecule is CCOC1C=CC(N2C(C(C)COC(C)(C)C)=NC3=CC=CCC3C2O)CC1. The normalized spacial score (nSPS) is 31.3. The molecular formula is C23H36N2O3. The molecule has 0 radical (unpaired) electrons. The number of aliphatic hydroxyl groups is 1. The van der Waals surface area contributed by atoms with Gasteiger partial charge in [-0.3, -0.25) is 0 Å². The van der Waals surface area contributed by atoms with E-state index in [4.69, 9.17) is 14.5 Å². The predicted octanol–water partition coefficient (Wildman–Crippen LogP) is 4.05. The summed E-state index contributed by atoms with van der Waals surface area (Å²) in [7, 11) is 0. The molecule has 0 fully saturated rings. The summed E-state index contributed by atoms with van der Waals surface area (Å²) in [5, 5.41) is 11.3. The summed E-state index contributed by atoms with van der Waals surface area (Å²) < 4.78 is 11.8. The van der Waals surface area contributed by atoms with Gasteiger partial charge in [0.15, 0.2) is 0 Å². The van der Waals surface area contributed by atoms with Crippen LogP contribution in [-0.2, 0) is 9.47 Å². The minimum absolute atomic E-state index is 0.0301. The highest BCUT2D eigenvalue weighted by molar-refractivity contribution is 5.87. The summed E-state index contributed by atoms with van der Waals surface area (Å²) in [5.41, 5.74) is 0.786. The Hall–Kier alpha value is -1.43. The molecule has 5 unspecified atom stereocenters. The highest BCUT2D eigenvalue weighted by atomic mass is 16.5. The number of fused-ring (bicyclic) bond motifs is 1. The van der Waals surface area contributed by atoms with E-state index in [1.807, 2.05) is 19.1 Å². The Balaban J connectivity index is 1.85. The zero-order chi connectivity index (χ0) is 20.3. The van der Waals surface area contributed by atoms with E-state index in [0.717, 1.165) is 37.4 Å². The maximum Gasteiger partial charge on any atom is 0.137 e. The van der Waals surface area contributed by atoms with Crippen LogP contribution in [-0.4, -0.2) is 53.0 Å². The molecule has 1 heterocycles. The Kier molecular flexibility index (Phi) is 6.79. The van der Waals surface area contributed by atoms with Gasteiger partial charge in [0.25, 0.3) is 0 Å². The summed E-state index contributed by atoms with van der Waals surface area (Å²) in [4.78, 5) is 7.15. The standard InChI is InChI=1S/C23H36N2O3/c1-6-27-18-13-11-17(12-14-18)25-21(16(2)15-28-23(3,4)5)24-20-10-8-7-9-19(20)22(25)26/h7-8,10-11,13,16-19,22,26H,6,9,12,14-15H2,1-5H3. The number of aliphatic imine (C=N–C) groups is 1. The molecule has 0 spiro atoms. The van der Waals surface area contributed by atoms with Crippen molar-refractivity contribution in [3.05, 3.63) is 36.1 Å². The fourth-order valence-corrected chi connectivity index (χ4v) is 4.09. The lowest BCUT2D eigenvalue weighted by molar-refractivity contribution is -0.0297. The van der Waals surface area contributed by atoms with E-state index in [1.54, 1.807) is 0 Å². The first kappa shape index (κ1) is 21.3. The predicted molar refractivity (Wildman–Crippen MR) is 113 cm³/mol. The van der Waals surface area contributed by atoms with Crippen molar-refractivity contribution in [1.29, 1.82) is 0 Å². The van der Waals surface area contributed by atoms with Crippen molar-refractivity contribution in [2.75, 3.05) is 13.2 Å². The number of hydrogen-bond donors (Lipinski definition) is 1. The molecule has 0 saturated heterocycles. The van der Waals surface area contributed by atoms with Crippen LogP contribution >= 0.6 is 0 Å². The smallest absolute Gasteiger partial charge is 0.137 e. The summed E-state index contributed by atoms with van der Waals surface area (Å²) in [6.45, 7) is 11.7. The Labute approximate surface area is 169 Å². The number of nitrogens with zero attached hydrogens (tertiary/aromatic N) is 2. The van der Waals surface area contributed by atoms with Crippen LogP contribution < -0.4 is 0 Å². The monoisotopic (exact) mass is 388 g/mol. The average Bonchev–Trinajstić information content (AvgIpc) is 2.66. The number of rotatable bonds is 6. The molecular weight excluding hydrogens is 352 g/mol. The van der Waals surface area contributed by atoms with Crippen LogP contribution in [0.1, 0.15) is 53.9 Å². The van der Waals surface area contributed by atoms with Crippen LogP contribution in [0.3, 0.4) is 0 Å². The van der Waals surface area contributed by atoms with Gasteiger partial charge in [0.05, 0.1) is 30.1 Å². The third-order valence-corrected chi connectivity index (χ3v) is 5.57. The lowest BCUT2D eigenvalue weighted by Crippen LogP contribution is -2.55. The Morgan fingerprint density at radius 2 is 2.07 bits per heavy atom. The second kappa shape index (κ2) is 8.93. The molecule has 3 rings (SSSR count). The van der Waals surface area contributed by atoms with Crippen LogP contribution in [0.4, 0.5) is 0 Å². The van der Waals surface area contributed by atoms with E-state index in [1.165, 1.54) is 0 Å². The molecule has 0 saturated carbocycles. The molecule has 1 aliphatic heterocycles. The molecule has 0 aromatic heterocycles. The second-order valence-corrected chi connectivity index (χ2v) is 9.00. The van der Waals surface area contributed by atoms with Gasteiger partial charge in [0, 0.05) is 18.4 Å². The molecule has 0 bridgehead atoms. The molecule has 0 aromatic carbocycles. The average molecular weight is 389 g/mol. The molecule has 1 N–H and O–H groups in total. The van der Waals surface area contributed by atoms with Crippen LogP contribution in [0.5, 0.6) is 0 Å². The lowest BCUT2D eigenvalue weighted by Gasteiger charge is -2.46. The minimum Gasteiger partial charge on any atom is -0.375 e. The van der Waals surface area contributed by atoms with E-state index in [9.17, 15) is 5.11 Å². The Bertz CT molecular complexity index is 659. The van der Waals surface area contributed by atoms with Gasteiger partial charge in [-0.15, -0.1) is 0 Å². The Morgan fingerprint density at radius 1 is 1.29 bits per heavy atom. The van der Waals surface area contributed by atoms with Crippen LogP contribution in [0.2, 0.25) is 0 Å². The molecule has 0 amide bonds. The number of allylic oxidation sites excluding steroid dienone is 3. The molecule has 5 heteroatoms. The summed E-state index contributed by atoms with van der Waals surface area (Å²) in [5.74, 6) is 1.06. The summed E-state index contributed by atoms with van der Waals surface area (Å²) >= 11 is 0. The topological polar surface area (TPSA) is 54.3 Å². The molecule has 5 atom stereocenters. The highest BCUT2D eigenvalue weighted by Gasteiger charge is 2.40. The zero-order valence-electron chi connectivity index (χ0n) is 18.0. The van der Waals surface area contributed by atoms with Crippen LogP contribution in [0.25, 0.3) is 0 Å². The molecule has 5 nitrogen and oxygen atoms in total. The maximum absolute atomic E-state index is 11.3. The van der Waals surface area contributed by atoms with Crippen molar-refractivity contribution < 1.29 is 14.6 Å². The third kappa shape index (κ3) is 4.94. The quantitative estimate of drug-likeness (QED) is 0.698.